The third kappa shape index (κ3) is 2.48. The van der Waals surface area contributed by atoms with Crippen LogP contribution in [0.4, 0.5) is 0 Å². The van der Waals surface area contributed by atoms with E-state index in [4.69, 9.17) is 4.74 Å². The van der Waals surface area contributed by atoms with Crippen LogP contribution in [-0.2, 0) is 20.9 Å². The van der Waals surface area contributed by atoms with Gasteiger partial charge >= 0.3 is 5.69 Å². The van der Waals surface area contributed by atoms with E-state index in [0.29, 0.717) is 12.2 Å². The summed E-state index contributed by atoms with van der Waals surface area (Å²) in [6.45, 7) is 2.86. The summed E-state index contributed by atoms with van der Waals surface area (Å²) in [5.74, 6) is -1.33. The number of carbonyl (C=O) groups excluding carboxylic acids is 2. The molecule has 6 rings (SSSR count). The molecule has 1 aromatic carbocycles. The van der Waals surface area contributed by atoms with Crippen molar-refractivity contribution in [1.29, 1.82) is 0 Å². The second kappa shape index (κ2) is 6.52. The molecule has 2 fully saturated rings. The van der Waals surface area contributed by atoms with Crippen LogP contribution < -0.4 is 11.0 Å². The maximum absolute atomic E-state index is 13.0. The summed E-state index contributed by atoms with van der Waals surface area (Å²) in [6, 6.07) is 9.69. The Morgan fingerprint density at radius 3 is 2.97 bits per heavy atom. The van der Waals surface area contributed by atoms with Crippen LogP contribution in [0.1, 0.15) is 5.56 Å². The molecule has 0 saturated carbocycles. The van der Waals surface area contributed by atoms with Crippen LogP contribution in [-0.4, -0.2) is 62.7 Å². The van der Waals surface area contributed by atoms with Crippen molar-refractivity contribution in [3.05, 3.63) is 58.5 Å². The molecule has 2 aromatic heterocycles. The SMILES string of the molecule is Cc1cc2ccccc2n2c(=O)n(CCNC(=O)[C@@H]3[C@H]4C(=O)N(C)C[C@@]45C=C[C@H]3O5)nc12. The number of carbonyl (C=O) groups is 2. The quantitative estimate of drug-likeness (QED) is 0.604. The van der Waals surface area contributed by atoms with Gasteiger partial charge in [-0.2, -0.15) is 0 Å². The summed E-state index contributed by atoms with van der Waals surface area (Å²) in [7, 11) is 1.73. The second-order valence-corrected chi connectivity index (χ2v) is 8.94. The first-order valence-corrected chi connectivity index (χ1v) is 10.8. The van der Waals surface area contributed by atoms with Crippen molar-refractivity contribution in [1.82, 2.24) is 24.4 Å². The van der Waals surface area contributed by atoms with Crippen LogP contribution in [0.5, 0.6) is 0 Å². The van der Waals surface area contributed by atoms with Crippen LogP contribution in [0.2, 0.25) is 0 Å². The van der Waals surface area contributed by atoms with Gasteiger partial charge in [-0.05, 0) is 30.0 Å². The number of benzene rings is 1. The van der Waals surface area contributed by atoms with Gasteiger partial charge in [-0.15, -0.1) is 5.10 Å². The number of nitrogens with zero attached hydrogens (tertiary/aromatic N) is 4. The van der Waals surface area contributed by atoms with E-state index in [1.54, 1.807) is 16.3 Å². The van der Waals surface area contributed by atoms with Crippen LogP contribution in [0.25, 0.3) is 16.6 Å². The van der Waals surface area contributed by atoms with Crippen molar-refractivity contribution in [2.24, 2.45) is 11.8 Å². The molecule has 2 saturated heterocycles. The first-order chi connectivity index (χ1) is 15.4. The van der Waals surface area contributed by atoms with E-state index in [1.807, 2.05) is 49.4 Å². The number of aryl methyl sites for hydroxylation is 1. The Bertz CT molecular complexity index is 1390. The highest BCUT2D eigenvalue weighted by atomic mass is 16.5. The Kier molecular flexibility index (Phi) is 3.92. The summed E-state index contributed by atoms with van der Waals surface area (Å²) in [6.07, 6.45) is 3.42. The Morgan fingerprint density at radius 2 is 2.12 bits per heavy atom. The van der Waals surface area contributed by atoms with Crippen LogP contribution in [0.15, 0.2) is 47.3 Å². The molecule has 164 valence electrons. The van der Waals surface area contributed by atoms with Gasteiger partial charge in [0.05, 0.1) is 36.5 Å². The van der Waals surface area contributed by atoms with Gasteiger partial charge in [-0.3, -0.25) is 9.59 Å². The van der Waals surface area contributed by atoms with Gasteiger partial charge in [0, 0.05) is 13.6 Å². The number of para-hydroxylation sites is 1. The number of fused-ring (bicyclic) bond motifs is 4. The van der Waals surface area contributed by atoms with E-state index in [9.17, 15) is 14.4 Å². The average molecular weight is 433 g/mol. The van der Waals surface area contributed by atoms with Gasteiger partial charge < -0.3 is 15.0 Å². The van der Waals surface area contributed by atoms with E-state index in [-0.39, 0.29) is 36.7 Å². The summed E-state index contributed by atoms with van der Waals surface area (Å²) >= 11 is 0. The molecule has 9 nitrogen and oxygen atoms in total. The van der Waals surface area contributed by atoms with Crippen molar-refractivity contribution in [3.8, 4) is 0 Å². The molecule has 0 aliphatic carbocycles. The molecule has 4 atom stereocenters. The molecule has 0 radical (unpaired) electrons. The van der Waals surface area contributed by atoms with Crippen molar-refractivity contribution in [2.75, 3.05) is 20.1 Å². The molecular formula is C23H23N5O4. The Labute approximate surface area is 183 Å². The summed E-state index contributed by atoms with van der Waals surface area (Å²) in [5, 5.41) is 8.35. The maximum Gasteiger partial charge on any atom is 0.350 e. The zero-order valence-corrected chi connectivity index (χ0v) is 17.8. The van der Waals surface area contributed by atoms with E-state index in [2.05, 4.69) is 10.4 Å². The van der Waals surface area contributed by atoms with Gasteiger partial charge in [0.25, 0.3) is 0 Å². The van der Waals surface area contributed by atoms with Crippen molar-refractivity contribution >= 4 is 28.4 Å². The third-order valence-corrected chi connectivity index (χ3v) is 6.96. The lowest BCUT2D eigenvalue weighted by Gasteiger charge is -2.23. The van der Waals surface area contributed by atoms with Crippen LogP contribution in [0, 0.1) is 18.8 Å². The molecule has 2 amide bonds. The summed E-state index contributed by atoms with van der Waals surface area (Å²) < 4.78 is 9.02. The average Bonchev–Trinajstić information content (AvgIpc) is 3.48. The molecule has 9 heteroatoms. The number of likely N-dealkylation sites (N-methyl/N-ethyl adjacent to an activating group) is 1. The minimum atomic E-state index is -0.685. The molecule has 5 heterocycles. The molecule has 3 aromatic rings. The molecule has 3 aliphatic rings. The zero-order valence-electron chi connectivity index (χ0n) is 17.8. The van der Waals surface area contributed by atoms with E-state index < -0.39 is 17.4 Å². The third-order valence-electron chi connectivity index (χ3n) is 6.96. The van der Waals surface area contributed by atoms with Crippen molar-refractivity contribution in [3.63, 3.8) is 0 Å². The zero-order chi connectivity index (χ0) is 22.2. The maximum atomic E-state index is 13.0. The number of likely N-dealkylation sites (tertiary alicyclic amines) is 1. The van der Waals surface area contributed by atoms with Crippen molar-refractivity contribution < 1.29 is 14.3 Å². The number of pyridine rings is 1. The lowest BCUT2D eigenvalue weighted by molar-refractivity contribution is -0.136. The fourth-order valence-corrected chi connectivity index (χ4v) is 5.53. The number of hydrogen-bond acceptors (Lipinski definition) is 5. The molecule has 0 unspecified atom stereocenters. The smallest absolute Gasteiger partial charge is 0.350 e. The lowest BCUT2D eigenvalue weighted by atomic mass is 9.77. The monoisotopic (exact) mass is 433 g/mol. The fraction of sp³-hybridized carbons (Fsp3) is 0.391. The lowest BCUT2D eigenvalue weighted by Crippen LogP contribution is -2.45. The number of nitrogens with one attached hydrogen (secondary N) is 1. The number of aromatic nitrogens is 3. The Balaban J connectivity index is 1.22. The standard InChI is InChI=1S/C23H23N5O4/c1-13-11-14-5-3-4-6-15(14)28-19(13)25-27(22(28)31)10-9-24-20(29)17-16-7-8-23(32-16)12-26(2)21(30)18(17)23/h3-8,11,16-18H,9-10,12H2,1-2H3,(H,24,29)/t16-,17+,18+,23+/m1/s1. The van der Waals surface area contributed by atoms with Crippen LogP contribution >= 0.6 is 0 Å². The predicted molar refractivity (Wildman–Crippen MR) is 116 cm³/mol. The van der Waals surface area contributed by atoms with Gasteiger partial charge in [-0.1, -0.05) is 30.4 Å². The first kappa shape index (κ1) is 19.2. The molecule has 1 N–H and O–H groups in total. The topological polar surface area (TPSA) is 97.9 Å². The minimum Gasteiger partial charge on any atom is -0.360 e. The number of rotatable bonds is 4. The fourth-order valence-electron chi connectivity index (χ4n) is 5.53. The number of hydrogen-bond donors (Lipinski definition) is 1. The van der Waals surface area contributed by atoms with E-state index in [1.165, 1.54) is 4.68 Å². The Hall–Kier alpha value is -3.46. The second-order valence-electron chi connectivity index (χ2n) is 8.94. The number of amides is 2. The number of ether oxygens (including phenoxy) is 1. The van der Waals surface area contributed by atoms with E-state index in [0.717, 1.165) is 16.5 Å². The van der Waals surface area contributed by atoms with Gasteiger partial charge in [0.1, 0.15) is 5.60 Å². The van der Waals surface area contributed by atoms with Gasteiger partial charge in [-0.25, -0.2) is 13.9 Å². The highest BCUT2D eigenvalue weighted by Crippen LogP contribution is 2.51. The first-order valence-electron chi connectivity index (χ1n) is 10.8. The minimum absolute atomic E-state index is 0.0593. The van der Waals surface area contributed by atoms with Gasteiger partial charge in [0.2, 0.25) is 11.8 Å². The molecule has 1 spiro atoms. The highest BCUT2D eigenvalue weighted by molar-refractivity contribution is 5.92. The van der Waals surface area contributed by atoms with Crippen molar-refractivity contribution in [2.45, 2.75) is 25.2 Å². The molecule has 2 bridgehead atoms. The van der Waals surface area contributed by atoms with Crippen LogP contribution in [0.3, 0.4) is 0 Å². The summed E-state index contributed by atoms with van der Waals surface area (Å²) in [5.41, 5.74) is 1.38. The molecular weight excluding hydrogens is 410 g/mol. The molecule has 32 heavy (non-hydrogen) atoms. The molecule has 3 aliphatic heterocycles. The largest absolute Gasteiger partial charge is 0.360 e. The van der Waals surface area contributed by atoms with Gasteiger partial charge in [0.15, 0.2) is 5.65 Å². The highest BCUT2D eigenvalue weighted by Gasteiger charge is 2.66. The normalized spacial score (nSPS) is 28.2. The Morgan fingerprint density at radius 1 is 1.31 bits per heavy atom. The summed E-state index contributed by atoms with van der Waals surface area (Å²) in [4.78, 5) is 40.3. The van der Waals surface area contributed by atoms with E-state index >= 15 is 0 Å². The predicted octanol–water partition coefficient (Wildman–Crippen LogP) is 0.486.